The van der Waals surface area contributed by atoms with E-state index in [1.54, 1.807) is 0 Å². The van der Waals surface area contributed by atoms with Crippen LogP contribution in [0.3, 0.4) is 0 Å². The molecule has 2 atom stereocenters. The van der Waals surface area contributed by atoms with Crippen LogP contribution in [0.5, 0.6) is 0 Å². The van der Waals surface area contributed by atoms with Crippen molar-refractivity contribution in [1.82, 2.24) is 5.32 Å². The lowest BCUT2D eigenvalue weighted by Gasteiger charge is -2.49. The first kappa shape index (κ1) is 9.81. The van der Waals surface area contributed by atoms with Gasteiger partial charge in [0.2, 0.25) is 11.8 Å². The van der Waals surface area contributed by atoms with Crippen LogP contribution in [0.1, 0.15) is 25.7 Å². The fourth-order valence-corrected chi connectivity index (χ4v) is 3.85. The number of hydrogen-bond donors (Lipinski definition) is 2. The molecule has 0 aromatic heterocycles. The van der Waals surface area contributed by atoms with Gasteiger partial charge in [-0.1, -0.05) is 0 Å². The zero-order chi connectivity index (χ0) is 11.5. The van der Waals surface area contributed by atoms with Crippen LogP contribution >= 0.6 is 0 Å². The van der Waals surface area contributed by atoms with Crippen LogP contribution in [0.25, 0.3) is 0 Å². The van der Waals surface area contributed by atoms with Gasteiger partial charge in [-0.2, -0.15) is 0 Å². The first-order valence-corrected chi connectivity index (χ1v) is 5.64. The molecule has 4 aliphatic rings. The lowest BCUT2D eigenvalue weighted by molar-refractivity contribution is -0.169. The molecule has 86 valence electrons. The Labute approximate surface area is 92.2 Å². The van der Waals surface area contributed by atoms with E-state index in [0.717, 1.165) is 12.8 Å². The fraction of sp³-hybridized carbons (Fsp3) is 0.727. The molecule has 5 nitrogen and oxygen atoms in total. The summed E-state index contributed by atoms with van der Waals surface area (Å²) in [7, 11) is 0. The van der Waals surface area contributed by atoms with E-state index in [1.165, 1.54) is 0 Å². The molecule has 2 bridgehead atoms. The van der Waals surface area contributed by atoms with E-state index in [0.29, 0.717) is 12.8 Å². The quantitative estimate of drug-likeness (QED) is 0.620. The monoisotopic (exact) mass is 223 g/mol. The van der Waals surface area contributed by atoms with Crippen molar-refractivity contribution >= 4 is 17.8 Å². The number of amides is 2. The van der Waals surface area contributed by atoms with Gasteiger partial charge in [-0.3, -0.25) is 19.7 Å². The molecule has 3 saturated carbocycles. The number of rotatable bonds is 1. The Kier molecular flexibility index (Phi) is 1.74. The van der Waals surface area contributed by atoms with Crippen LogP contribution in [-0.4, -0.2) is 22.9 Å². The minimum atomic E-state index is -0.977. The van der Waals surface area contributed by atoms with Crippen molar-refractivity contribution in [2.45, 2.75) is 25.7 Å². The molecule has 5 heteroatoms. The zero-order valence-electron chi connectivity index (χ0n) is 8.73. The molecule has 0 aromatic carbocycles. The Balaban J connectivity index is 2.10. The highest BCUT2D eigenvalue weighted by Gasteiger charge is 2.65. The van der Waals surface area contributed by atoms with Gasteiger partial charge < -0.3 is 5.11 Å². The fourth-order valence-electron chi connectivity index (χ4n) is 3.85. The summed E-state index contributed by atoms with van der Waals surface area (Å²) in [6, 6.07) is 0. The summed E-state index contributed by atoms with van der Waals surface area (Å²) in [5, 5.41) is 11.7. The number of carboxylic acid groups (broad SMARTS) is 1. The molecule has 1 heterocycles. The van der Waals surface area contributed by atoms with Crippen LogP contribution in [0.4, 0.5) is 0 Å². The maximum Gasteiger partial charge on any atom is 0.310 e. The molecule has 4 fully saturated rings. The third kappa shape index (κ3) is 0.936. The number of imide groups is 1. The van der Waals surface area contributed by atoms with E-state index >= 15 is 0 Å². The minimum absolute atomic E-state index is 0.206. The van der Waals surface area contributed by atoms with E-state index < -0.39 is 17.3 Å². The Bertz CT molecular complexity index is 395. The van der Waals surface area contributed by atoms with E-state index in [9.17, 15) is 19.5 Å². The Morgan fingerprint density at radius 2 is 1.88 bits per heavy atom. The Hall–Kier alpha value is -1.39. The summed E-state index contributed by atoms with van der Waals surface area (Å²) in [6.07, 6.45) is 2.59. The van der Waals surface area contributed by atoms with Crippen LogP contribution in [0.15, 0.2) is 0 Å². The van der Waals surface area contributed by atoms with Crippen LogP contribution in [0, 0.1) is 23.2 Å². The molecule has 0 spiro atoms. The van der Waals surface area contributed by atoms with Crippen LogP contribution in [-0.2, 0) is 14.4 Å². The highest BCUT2D eigenvalue weighted by molar-refractivity contribution is 6.07. The predicted molar refractivity (Wildman–Crippen MR) is 52.2 cm³/mol. The highest BCUT2D eigenvalue weighted by Crippen LogP contribution is 2.58. The second-order valence-electron chi connectivity index (χ2n) is 5.16. The van der Waals surface area contributed by atoms with Gasteiger partial charge in [0.05, 0.1) is 17.3 Å². The lowest BCUT2D eigenvalue weighted by atomic mass is 9.51. The van der Waals surface area contributed by atoms with E-state index in [4.69, 9.17) is 0 Å². The average Bonchev–Trinajstić information content (AvgIpc) is 2.58. The van der Waals surface area contributed by atoms with Gasteiger partial charge >= 0.3 is 5.97 Å². The van der Waals surface area contributed by atoms with Crippen LogP contribution in [0.2, 0.25) is 0 Å². The van der Waals surface area contributed by atoms with Gasteiger partial charge in [-0.05, 0) is 31.6 Å². The molecule has 3 aliphatic carbocycles. The Morgan fingerprint density at radius 1 is 1.25 bits per heavy atom. The molecule has 0 unspecified atom stereocenters. The maximum absolute atomic E-state index is 11.7. The van der Waals surface area contributed by atoms with Gasteiger partial charge in [-0.15, -0.1) is 0 Å². The molecule has 2 N–H and O–H groups in total. The van der Waals surface area contributed by atoms with Gasteiger partial charge in [0.15, 0.2) is 0 Å². The summed E-state index contributed by atoms with van der Waals surface area (Å²) in [6.45, 7) is 0. The smallest absolute Gasteiger partial charge is 0.310 e. The third-order valence-corrected chi connectivity index (χ3v) is 4.64. The second kappa shape index (κ2) is 2.84. The van der Waals surface area contributed by atoms with Gasteiger partial charge in [0.1, 0.15) is 0 Å². The number of carbonyl (C=O) groups is 3. The normalized spacial score (nSPS) is 45.4. The summed E-state index contributed by atoms with van der Waals surface area (Å²) in [5.41, 5.74) is -0.977. The van der Waals surface area contributed by atoms with Crippen molar-refractivity contribution in [2.24, 2.45) is 23.2 Å². The molecular weight excluding hydrogens is 210 g/mol. The summed E-state index contributed by atoms with van der Waals surface area (Å²) in [5.74, 6) is -2.34. The minimum Gasteiger partial charge on any atom is -0.481 e. The number of fused-ring (bicyclic) bond motifs is 2. The number of carboxylic acids is 1. The topological polar surface area (TPSA) is 83.5 Å². The number of nitrogens with one attached hydrogen (secondary N) is 1. The molecular formula is C11H13NO4. The van der Waals surface area contributed by atoms with Gasteiger partial charge in [0, 0.05) is 0 Å². The highest BCUT2D eigenvalue weighted by atomic mass is 16.4. The molecule has 0 radical (unpaired) electrons. The number of hydrogen-bond acceptors (Lipinski definition) is 3. The molecule has 1 aliphatic heterocycles. The predicted octanol–water partition coefficient (Wildman–Crippen LogP) is 0.150. The van der Waals surface area contributed by atoms with Crippen molar-refractivity contribution in [3.63, 3.8) is 0 Å². The SMILES string of the molecule is O=C1NC(=O)[C@H]2C3CCC(C(=O)O)(CC3)[C@H]12. The first-order chi connectivity index (χ1) is 7.56. The lowest BCUT2D eigenvalue weighted by Crippen LogP contribution is -2.53. The van der Waals surface area contributed by atoms with Crippen molar-refractivity contribution in [1.29, 1.82) is 0 Å². The molecule has 0 aromatic rings. The average molecular weight is 223 g/mol. The van der Waals surface area contributed by atoms with E-state index in [2.05, 4.69) is 5.32 Å². The van der Waals surface area contributed by atoms with Crippen molar-refractivity contribution in [2.75, 3.05) is 0 Å². The first-order valence-electron chi connectivity index (χ1n) is 5.64. The molecule has 16 heavy (non-hydrogen) atoms. The summed E-state index contributed by atoms with van der Waals surface area (Å²) < 4.78 is 0. The second-order valence-corrected chi connectivity index (χ2v) is 5.16. The third-order valence-electron chi connectivity index (χ3n) is 4.64. The summed E-state index contributed by atoms with van der Waals surface area (Å²) >= 11 is 0. The number of carbonyl (C=O) groups excluding carboxylic acids is 2. The number of aliphatic carboxylic acids is 1. The standard InChI is InChI=1S/C11H13NO4/c13-8-6-5-1-3-11(4-2-5,10(15)16)7(6)9(14)12-8/h5-7H,1-4H2,(H,15,16)(H,12,13,14)/t5?,6-,7-,11?/m0/s1. The van der Waals surface area contributed by atoms with E-state index in [-0.39, 0.29) is 23.7 Å². The van der Waals surface area contributed by atoms with Crippen LogP contribution < -0.4 is 5.32 Å². The molecule has 4 rings (SSSR count). The van der Waals surface area contributed by atoms with E-state index in [1.807, 2.05) is 0 Å². The summed E-state index contributed by atoms with van der Waals surface area (Å²) in [4.78, 5) is 34.8. The van der Waals surface area contributed by atoms with Crippen molar-refractivity contribution in [3.05, 3.63) is 0 Å². The van der Waals surface area contributed by atoms with Crippen molar-refractivity contribution in [3.8, 4) is 0 Å². The Morgan fingerprint density at radius 3 is 2.44 bits per heavy atom. The molecule has 2 amide bonds. The largest absolute Gasteiger partial charge is 0.481 e. The van der Waals surface area contributed by atoms with Gasteiger partial charge in [-0.25, -0.2) is 0 Å². The van der Waals surface area contributed by atoms with Gasteiger partial charge in [0.25, 0.3) is 0 Å². The molecule has 1 saturated heterocycles. The maximum atomic E-state index is 11.7. The van der Waals surface area contributed by atoms with Crippen molar-refractivity contribution < 1.29 is 19.5 Å². The zero-order valence-corrected chi connectivity index (χ0v) is 8.73.